The molecule has 0 aliphatic carbocycles. The van der Waals surface area contributed by atoms with E-state index in [4.69, 9.17) is 16.3 Å². The molecule has 1 fully saturated rings. The van der Waals surface area contributed by atoms with Crippen LogP contribution in [0, 0.1) is 11.6 Å². The molecular formula is C22H20ClF4N3O2S. The van der Waals surface area contributed by atoms with Crippen molar-refractivity contribution >= 4 is 22.9 Å². The van der Waals surface area contributed by atoms with Crippen molar-refractivity contribution in [2.75, 3.05) is 19.7 Å². The summed E-state index contributed by atoms with van der Waals surface area (Å²) in [4.78, 5) is 2.57. The molecule has 5 nitrogen and oxygen atoms in total. The second-order valence-corrected chi connectivity index (χ2v) is 10.0. The van der Waals surface area contributed by atoms with Gasteiger partial charge in [0.1, 0.15) is 17.9 Å². The summed E-state index contributed by atoms with van der Waals surface area (Å²) >= 11 is 7.20. The Morgan fingerprint density at radius 2 is 1.88 bits per heavy atom. The molecule has 1 saturated heterocycles. The lowest BCUT2D eigenvalue weighted by molar-refractivity contribution is -0.182. The van der Waals surface area contributed by atoms with Gasteiger partial charge in [-0.3, -0.25) is 4.90 Å². The standard InChI is InChI=1S/C22H20ClF4N3O2S/c23-18-8-14-20(33-18)21(32-12-22(14,26)27)4-6-29(7-5-21)9-13-10-30(28-17(13)11-31)19-15(24)2-1-3-16(19)25/h1-3,8,10,31H,4-7,9,11-12H2. The number of rotatable bonds is 4. The average molecular weight is 502 g/mol. The second-order valence-electron chi connectivity index (χ2n) is 8.33. The maximum absolute atomic E-state index is 14.3. The number of para-hydroxylation sites is 1. The van der Waals surface area contributed by atoms with E-state index in [9.17, 15) is 22.7 Å². The summed E-state index contributed by atoms with van der Waals surface area (Å²) in [5, 5.41) is 13.9. The van der Waals surface area contributed by atoms with Gasteiger partial charge in [-0.15, -0.1) is 11.3 Å². The van der Waals surface area contributed by atoms with E-state index in [0.717, 1.165) is 28.2 Å². The summed E-state index contributed by atoms with van der Waals surface area (Å²) in [7, 11) is 0. The highest BCUT2D eigenvalue weighted by Gasteiger charge is 2.51. The number of nitrogens with zero attached hydrogens (tertiary/aromatic N) is 3. The van der Waals surface area contributed by atoms with Crippen LogP contribution in [0.15, 0.2) is 30.5 Å². The zero-order chi connectivity index (χ0) is 23.4. The van der Waals surface area contributed by atoms with Gasteiger partial charge in [0.05, 0.1) is 16.6 Å². The van der Waals surface area contributed by atoms with Crippen LogP contribution in [0.3, 0.4) is 0 Å². The summed E-state index contributed by atoms with van der Waals surface area (Å²) < 4.78 is 64.1. The molecule has 0 amide bonds. The third-order valence-electron chi connectivity index (χ3n) is 6.29. The zero-order valence-corrected chi connectivity index (χ0v) is 18.9. The Labute approximate surface area is 196 Å². The van der Waals surface area contributed by atoms with Crippen molar-refractivity contribution in [2.24, 2.45) is 0 Å². The lowest BCUT2D eigenvalue weighted by Crippen LogP contribution is -2.48. The Morgan fingerprint density at radius 1 is 1.18 bits per heavy atom. The summed E-state index contributed by atoms with van der Waals surface area (Å²) in [6.45, 7) is 0.416. The Kier molecular flexibility index (Phi) is 5.77. The Bertz CT molecular complexity index is 1170. The maximum atomic E-state index is 14.3. The molecule has 0 unspecified atom stereocenters. The van der Waals surface area contributed by atoms with E-state index in [1.807, 2.05) is 0 Å². The van der Waals surface area contributed by atoms with Crippen LogP contribution in [0.4, 0.5) is 17.6 Å². The first-order valence-corrected chi connectivity index (χ1v) is 11.6. The Morgan fingerprint density at radius 3 is 2.55 bits per heavy atom. The van der Waals surface area contributed by atoms with Crippen molar-refractivity contribution in [3.05, 3.63) is 68.1 Å². The first-order chi connectivity index (χ1) is 15.7. The molecule has 4 heterocycles. The maximum Gasteiger partial charge on any atom is 0.297 e. The molecule has 2 aromatic heterocycles. The third-order valence-corrected chi connectivity index (χ3v) is 7.74. The minimum atomic E-state index is -3.06. The number of likely N-dealkylation sites (tertiary alicyclic amines) is 1. The van der Waals surface area contributed by atoms with E-state index in [0.29, 0.717) is 52.9 Å². The highest BCUT2D eigenvalue weighted by molar-refractivity contribution is 7.16. The number of benzene rings is 1. The number of aromatic nitrogens is 2. The SMILES string of the molecule is OCc1nn(-c2c(F)cccc2F)cc1CN1CCC2(CC1)OCC(F)(F)c1cc(Cl)sc12. The molecular weight excluding hydrogens is 482 g/mol. The second kappa shape index (κ2) is 8.35. The highest BCUT2D eigenvalue weighted by Crippen LogP contribution is 2.52. The quantitative estimate of drug-likeness (QED) is 0.513. The first kappa shape index (κ1) is 22.8. The van der Waals surface area contributed by atoms with Crippen LogP contribution in [-0.2, 0) is 29.4 Å². The largest absolute Gasteiger partial charge is 0.390 e. The van der Waals surface area contributed by atoms with Gasteiger partial charge < -0.3 is 9.84 Å². The van der Waals surface area contributed by atoms with Crippen LogP contribution in [0.25, 0.3) is 5.69 Å². The Balaban J connectivity index is 1.35. The summed E-state index contributed by atoms with van der Waals surface area (Å²) in [6.07, 6.45) is 2.50. The van der Waals surface area contributed by atoms with Crippen molar-refractivity contribution in [2.45, 2.75) is 37.5 Å². The highest BCUT2D eigenvalue weighted by atomic mass is 35.5. The molecule has 1 N–H and O–H groups in total. The molecule has 2 aliphatic rings. The van der Waals surface area contributed by atoms with Crippen LogP contribution >= 0.6 is 22.9 Å². The first-order valence-electron chi connectivity index (χ1n) is 10.4. The van der Waals surface area contributed by atoms with Gasteiger partial charge in [-0.2, -0.15) is 13.9 Å². The topological polar surface area (TPSA) is 50.5 Å². The van der Waals surface area contributed by atoms with Gasteiger partial charge in [0.15, 0.2) is 11.6 Å². The third kappa shape index (κ3) is 3.97. The molecule has 0 radical (unpaired) electrons. The lowest BCUT2D eigenvalue weighted by atomic mass is 9.84. The molecule has 1 spiro atoms. The fourth-order valence-electron chi connectivity index (χ4n) is 4.56. The minimum Gasteiger partial charge on any atom is -0.390 e. The van der Waals surface area contributed by atoms with Crippen LogP contribution in [-0.4, -0.2) is 39.5 Å². The number of aliphatic hydroxyl groups excluding tert-OH is 1. The molecule has 0 bridgehead atoms. The molecule has 1 aromatic carbocycles. The molecule has 11 heteroatoms. The van der Waals surface area contributed by atoms with E-state index in [1.165, 1.54) is 18.3 Å². The molecule has 33 heavy (non-hydrogen) atoms. The van der Waals surface area contributed by atoms with Gasteiger partial charge in [-0.25, -0.2) is 13.5 Å². The van der Waals surface area contributed by atoms with Crippen molar-refractivity contribution < 1.29 is 27.4 Å². The van der Waals surface area contributed by atoms with E-state index >= 15 is 0 Å². The zero-order valence-electron chi connectivity index (χ0n) is 17.3. The molecule has 3 aromatic rings. The van der Waals surface area contributed by atoms with Crippen LogP contribution < -0.4 is 0 Å². The number of piperidine rings is 1. The van der Waals surface area contributed by atoms with Gasteiger partial charge in [0.2, 0.25) is 0 Å². The fraction of sp³-hybridized carbons (Fsp3) is 0.409. The van der Waals surface area contributed by atoms with E-state index < -0.39 is 29.8 Å². The Hall–Kier alpha value is -1.98. The van der Waals surface area contributed by atoms with Gasteiger partial charge in [0.25, 0.3) is 5.92 Å². The van der Waals surface area contributed by atoms with Crippen molar-refractivity contribution in [3.8, 4) is 5.69 Å². The fourth-order valence-corrected chi connectivity index (χ4v) is 6.04. The molecule has 2 aliphatic heterocycles. The van der Waals surface area contributed by atoms with Gasteiger partial charge in [0, 0.05) is 41.8 Å². The number of hydrogen-bond acceptors (Lipinski definition) is 5. The van der Waals surface area contributed by atoms with E-state index in [2.05, 4.69) is 10.00 Å². The van der Waals surface area contributed by atoms with Crippen molar-refractivity contribution in [3.63, 3.8) is 0 Å². The monoisotopic (exact) mass is 501 g/mol. The number of halogens is 5. The normalized spacial score (nSPS) is 19.7. The van der Waals surface area contributed by atoms with Crippen molar-refractivity contribution in [1.82, 2.24) is 14.7 Å². The van der Waals surface area contributed by atoms with Crippen LogP contribution in [0.1, 0.15) is 34.5 Å². The molecule has 0 atom stereocenters. The number of aliphatic hydroxyl groups is 1. The van der Waals surface area contributed by atoms with Crippen LogP contribution in [0.2, 0.25) is 4.34 Å². The van der Waals surface area contributed by atoms with Crippen molar-refractivity contribution in [1.29, 1.82) is 0 Å². The number of hydrogen-bond donors (Lipinski definition) is 1. The number of ether oxygens (including phenoxy) is 1. The average Bonchev–Trinajstić information content (AvgIpc) is 3.37. The summed E-state index contributed by atoms with van der Waals surface area (Å²) in [5.74, 6) is -4.58. The lowest BCUT2D eigenvalue weighted by Gasteiger charge is -2.45. The molecule has 176 valence electrons. The van der Waals surface area contributed by atoms with E-state index in [1.54, 1.807) is 0 Å². The molecule has 0 saturated carbocycles. The predicted molar refractivity (Wildman–Crippen MR) is 115 cm³/mol. The van der Waals surface area contributed by atoms with Gasteiger partial charge >= 0.3 is 0 Å². The predicted octanol–water partition coefficient (Wildman–Crippen LogP) is 4.97. The smallest absolute Gasteiger partial charge is 0.297 e. The van der Waals surface area contributed by atoms with Gasteiger partial charge in [-0.1, -0.05) is 17.7 Å². The summed E-state index contributed by atoms with van der Waals surface area (Å²) in [6, 6.07) is 4.88. The number of fused-ring (bicyclic) bond motifs is 2. The van der Waals surface area contributed by atoms with Crippen LogP contribution in [0.5, 0.6) is 0 Å². The molecule has 5 rings (SSSR count). The summed E-state index contributed by atoms with van der Waals surface area (Å²) in [5.41, 5.74) is -0.209. The number of alkyl halides is 2. The van der Waals surface area contributed by atoms with Gasteiger partial charge in [-0.05, 0) is 31.0 Å². The van der Waals surface area contributed by atoms with E-state index in [-0.39, 0.29) is 17.9 Å². The minimum absolute atomic E-state index is 0.0482. The number of thiophene rings is 1.